The Kier molecular flexibility index (Phi) is 4.15. The van der Waals surface area contributed by atoms with Crippen LogP contribution in [0.5, 0.6) is 0 Å². The third kappa shape index (κ3) is 3.56. The Balaban J connectivity index is 1.91. The molecule has 0 bridgehead atoms. The summed E-state index contributed by atoms with van der Waals surface area (Å²) < 4.78 is 5.00. The van der Waals surface area contributed by atoms with Crippen LogP contribution < -0.4 is 5.32 Å². The van der Waals surface area contributed by atoms with E-state index >= 15 is 0 Å². The molecule has 1 aromatic carbocycles. The van der Waals surface area contributed by atoms with Gasteiger partial charge < -0.3 is 9.84 Å². The van der Waals surface area contributed by atoms with Crippen molar-refractivity contribution < 1.29 is 19.4 Å². The number of hydrogen-bond acceptors (Lipinski definition) is 4. The molecular formula is C13H11NO4S. The van der Waals surface area contributed by atoms with Gasteiger partial charge in [0.15, 0.2) is 0 Å². The van der Waals surface area contributed by atoms with E-state index in [9.17, 15) is 9.59 Å². The lowest BCUT2D eigenvalue weighted by molar-refractivity contribution is 0.0698. The molecule has 0 saturated carbocycles. The molecule has 2 aromatic rings. The van der Waals surface area contributed by atoms with E-state index in [-0.39, 0.29) is 17.2 Å². The maximum Gasteiger partial charge on any atom is 0.412 e. The van der Waals surface area contributed by atoms with Gasteiger partial charge in [-0.25, -0.2) is 9.59 Å². The Bertz CT molecular complexity index is 579. The number of anilines is 1. The van der Waals surface area contributed by atoms with Crippen LogP contribution in [0.15, 0.2) is 41.8 Å². The standard InChI is InChI=1S/C13H11NO4S/c15-12(16)10-6-7-19-11(10)14-13(17)18-8-9-4-2-1-3-5-9/h1-7H,8H2,(H,14,17)(H,15,16). The quantitative estimate of drug-likeness (QED) is 0.899. The number of benzene rings is 1. The Morgan fingerprint density at radius 2 is 1.95 bits per heavy atom. The van der Waals surface area contributed by atoms with Crippen LogP contribution in [0.3, 0.4) is 0 Å². The van der Waals surface area contributed by atoms with Crippen molar-refractivity contribution in [1.82, 2.24) is 0 Å². The van der Waals surface area contributed by atoms with Crippen LogP contribution in [0.1, 0.15) is 15.9 Å². The van der Waals surface area contributed by atoms with Crippen molar-refractivity contribution >= 4 is 28.4 Å². The Morgan fingerprint density at radius 3 is 2.63 bits per heavy atom. The number of carbonyl (C=O) groups is 2. The lowest BCUT2D eigenvalue weighted by Crippen LogP contribution is -2.14. The van der Waals surface area contributed by atoms with Crippen molar-refractivity contribution in [1.29, 1.82) is 0 Å². The number of carboxylic acids is 1. The minimum absolute atomic E-state index is 0.0571. The van der Waals surface area contributed by atoms with Crippen LogP contribution in [-0.4, -0.2) is 17.2 Å². The third-order valence-electron chi connectivity index (χ3n) is 2.32. The molecule has 1 aromatic heterocycles. The molecule has 0 fully saturated rings. The fourth-order valence-corrected chi connectivity index (χ4v) is 2.19. The van der Waals surface area contributed by atoms with Crippen LogP contribution in [0.2, 0.25) is 0 Å². The van der Waals surface area contributed by atoms with Crippen molar-refractivity contribution in [2.45, 2.75) is 6.61 Å². The molecule has 0 atom stereocenters. The molecule has 98 valence electrons. The molecule has 5 nitrogen and oxygen atoms in total. The highest BCUT2D eigenvalue weighted by molar-refractivity contribution is 7.14. The molecule has 1 amide bonds. The highest BCUT2D eigenvalue weighted by atomic mass is 32.1. The average Bonchev–Trinajstić information content (AvgIpc) is 2.86. The van der Waals surface area contributed by atoms with Crippen molar-refractivity contribution in [2.24, 2.45) is 0 Å². The van der Waals surface area contributed by atoms with Crippen LogP contribution >= 0.6 is 11.3 Å². The Morgan fingerprint density at radius 1 is 1.21 bits per heavy atom. The van der Waals surface area contributed by atoms with E-state index in [0.717, 1.165) is 16.9 Å². The van der Waals surface area contributed by atoms with Gasteiger partial charge in [0, 0.05) is 0 Å². The second-order valence-electron chi connectivity index (χ2n) is 3.66. The number of carbonyl (C=O) groups excluding carboxylic acids is 1. The zero-order chi connectivity index (χ0) is 13.7. The summed E-state index contributed by atoms with van der Waals surface area (Å²) in [4.78, 5) is 22.4. The molecular weight excluding hydrogens is 266 g/mol. The van der Waals surface area contributed by atoms with E-state index in [2.05, 4.69) is 5.32 Å². The zero-order valence-electron chi connectivity index (χ0n) is 9.83. The predicted octanol–water partition coefficient (Wildman–Crippen LogP) is 3.20. The minimum atomic E-state index is -1.08. The fraction of sp³-hybridized carbons (Fsp3) is 0.0769. The lowest BCUT2D eigenvalue weighted by Gasteiger charge is -2.06. The van der Waals surface area contributed by atoms with E-state index < -0.39 is 12.1 Å². The molecule has 2 N–H and O–H groups in total. The minimum Gasteiger partial charge on any atom is -0.478 e. The largest absolute Gasteiger partial charge is 0.478 e. The number of rotatable bonds is 4. The normalized spacial score (nSPS) is 9.89. The van der Waals surface area contributed by atoms with Gasteiger partial charge in [-0.05, 0) is 17.0 Å². The van der Waals surface area contributed by atoms with Crippen molar-refractivity contribution in [3.05, 3.63) is 52.9 Å². The highest BCUT2D eigenvalue weighted by Crippen LogP contribution is 2.23. The first-order valence-corrected chi connectivity index (χ1v) is 6.33. The molecule has 0 saturated heterocycles. The molecule has 0 aliphatic heterocycles. The van der Waals surface area contributed by atoms with Crippen LogP contribution in [-0.2, 0) is 11.3 Å². The summed E-state index contributed by atoms with van der Waals surface area (Å²) in [5.74, 6) is -1.08. The summed E-state index contributed by atoms with van der Waals surface area (Å²) in [6.07, 6.45) is -0.672. The molecule has 0 aliphatic rings. The Hall–Kier alpha value is -2.34. The Labute approximate surface area is 113 Å². The third-order valence-corrected chi connectivity index (χ3v) is 3.15. The first-order valence-electron chi connectivity index (χ1n) is 5.45. The number of aromatic carboxylic acids is 1. The maximum atomic E-state index is 11.5. The number of thiophene rings is 1. The number of ether oxygens (including phenoxy) is 1. The van der Waals surface area contributed by atoms with Gasteiger partial charge in [-0.3, -0.25) is 5.32 Å². The van der Waals surface area contributed by atoms with Crippen molar-refractivity contribution in [2.75, 3.05) is 5.32 Å². The van der Waals surface area contributed by atoms with Gasteiger partial charge in [-0.1, -0.05) is 30.3 Å². The monoisotopic (exact) mass is 277 g/mol. The average molecular weight is 277 g/mol. The smallest absolute Gasteiger partial charge is 0.412 e. The second-order valence-corrected chi connectivity index (χ2v) is 4.57. The fourth-order valence-electron chi connectivity index (χ4n) is 1.43. The van der Waals surface area contributed by atoms with Crippen LogP contribution in [0.25, 0.3) is 0 Å². The van der Waals surface area contributed by atoms with Crippen LogP contribution in [0, 0.1) is 0 Å². The summed E-state index contributed by atoms with van der Waals surface area (Å²) >= 11 is 1.14. The number of nitrogens with one attached hydrogen (secondary N) is 1. The summed E-state index contributed by atoms with van der Waals surface area (Å²) in [6.45, 7) is 0.139. The summed E-state index contributed by atoms with van der Waals surface area (Å²) in [7, 11) is 0. The van der Waals surface area contributed by atoms with E-state index in [0.29, 0.717) is 0 Å². The number of hydrogen-bond donors (Lipinski definition) is 2. The molecule has 0 radical (unpaired) electrons. The van der Waals surface area contributed by atoms with Gasteiger partial charge >= 0.3 is 12.1 Å². The van der Waals surface area contributed by atoms with Crippen LogP contribution in [0.4, 0.5) is 9.80 Å². The van der Waals surface area contributed by atoms with E-state index in [1.165, 1.54) is 6.07 Å². The first-order chi connectivity index (χ1) is 9.16. The predicted molar refractivity (Wildman–Crippen MR) is 71.5 cm³/mol. The van der Waals surface area contributed by atoms with E-state index in [1.54, 1.807) is 5.38 Å². The van der Waals surface area contributed by atoms with Gasteiger partial charge in [-0.15, -0.1) is 11.3 Å². The second kappa shape index (κ2) is 6.01. The maximum absolute atomic E-state index is 11.5. The van der Waals surface area contributed by atoms with Gasteiger partial charge in [0.25, 0.3) is 0 Å². The molecule has 0 unspecified atom stereocenters. The van der Waals surface area contributed by atoms with Crippen molar-refractivity contribution in [3.8, 4) is 0 Å². The van der Waals surface area contributed by atoms with Crippen molar-refractivity contribution in [3.63, 3.8) is 0 Å². The summed E-state index contributed by atoms with van der Waals surface area (Å²) in [6, 6.07) is 10.7. The molecule has 19 heavy (non-hydrogen) atoms. The lowest BCUT2D eigenvalue weighted by atomic mass is 10.2. The molecule has 1 heterocycles. The zero-order valence-corrected chi connectivity index (χ0v) is 10.6. The van der Waals surface area contributed by atoms with E-state index in [1.807, 2.05) is 30.3 Å². The summed E-state index contributed by atoms with van der Waals surface area (Å²) in [5.41, 5.74) is 0.920. The molecule has 0 spiro atoms. The summed E-state index contributed by atoms with van der Waals surface area (Å²) in [5, 5.41) is 13.2. The first kappa shape index (κ1) is 13.1. The van der Waals surface area contributed by atoms with Gasteiger partial charge in [-0.2, -0.15) is 0 Å². The van der Waals surface area contributed by atoms with Gasteiger partial charge in [0.05, 0.1) is 5.56 Å². The molecule has 2 rings (SSSR count). The SMILES string of the molecule is O=C(Nc1sccc1C(=O)O)OCc1ccccc1. The van der Waals surface area contributed by atoms with E-state index in [4.69, 9.17) is 9.84 Å². The van der Waals surface area contributed by atoms with Gasteiger partial charge in [0.2, 0.25) is 0 Å². The van der Waals surface area contributed by atoms with Gasteiger partial charge in [0.1, 0.15) is 11.6 Å². The number of amides is 1. The molecule has 0 aliphatic carbocycles. The molecule has 6 heteroatoms. The highest BCUT2D eigenvalue weighted by Gasteiger charge is 2.14. The number of carboxylic acid groups (broad SMARTS) is 1. The topological polar surface area (TPSA) is 75.6 Å².